The van der Waals surface area contributed by atoms with Gasteiger partial charge in [0.15, 0.2) is 0 Å². The Balaban J connectivity index is 0.000000164. The SMILES string of the molecule is BrC1(Br)CCCC1.c1cc2ccc3cccc4ccc(c1)c2c34. The van der Waals surface area contributed by atoms with Crippen LogP contribution >= 0.6 is 31.9 Å². The lowest BCUT2D eigenvalue weighted by atomic mass is 9.95. The Morgan fingerprint density at radius 2 is 0.913 bits per heavy atom. The highest BCUT2D eigenvalue weighted by molar-refractivity contribution is 9.25. The predicted molar refractivity (Wildman–Crippen MR) is 109 cm³/mol. The number of hydrogen-bond acceptors (Lipinski definition) is 0. The van der Waals surface area contributed by atoms with Gasteiger partial charge in [-0.1, -0.05) is 105 Å². The Hall–Kier alpha value is -1.12. The fourth-order valence-electron chi connectivity index (χ4n) is 3.56. The van der Waals surface area contributed by atoms with Crippen molar-refractivity contribution in [2.24, 2.45) is 0 Å². The summed E-state index contributed by atoms with van der Waals surface area (Å²) < 4.78 is 0.319. The van der Waals surface area contributed by atoms with Crippen LogP contribution in [0.1, 0.15) is 25.7 Å². The fraction of sp³-hybridized carbons (Fsp3) is 0.238. The van der Waals surface area contributed by atoms with Crippen LogP contribution in [0, 0.1) is 0 Å². The quantitative estimate of drug-likeness (QED) is 0.199. The Labute approximate surface area is 153 Å². The lowest BCUT2D eigenvalue weighted by Crippen LogP contribution is -2.00. The molecule has 4 aromatic rings. The summed E-state index contributed by atoms with van der Waals surface area (Å²) >= 11 is 7.12. The Bertz CT molecular complexity index is 818. The Morgan fingerprint density at radius 1 is 0.565 bits per heavy atom. The summed E-state index contributed by atoms with van der Waals surface area (Å²) in [7, 11) is 0. The molecule has 0 aromatic heterocycles. The summed E-state index contributed by atoms with van der Waals surface area (Å²) in [6.07, 6.45) is 5.31. The minimum atomic E-state index is 0.319. The average molecular weight is 430 g/mol. The lowest BCUT2D eigenvalue weighted by molar-refractivity contribution is 0.878. The fourth-order valence-corrected chi connectivity index (χ4v) is 4.68. The molecule has 23 heavy (non-hydrogen) atoms. The molecular formula is C21H18Br2. The van der Waals surface area contributed by atoms with Crippen molar-refractivity contribution >= 4 is 64.2 Å². The van der Waals surface area contributed by atoms with Crippen LogP contribution in [-0.4, -0.2) is 3.23 Å². The van der Waals surface area contributed by atoms with Gasteiger partial charge in [-0.05, 0) is 45.2 Å². The second-order valence-electron chi connectivity index (χ2n) is 6.35. The molecule has 0 amide bonds. The molecule has 0 heterocycles. The molecule has 5 rings (SSSR count). The third kappa shape index (κ3) is 2.99. The number of benzene rings is 4. The molecular weight excluding hydrogens is 412 g/mol. The van der Waals surface area contributed by atoms with Crippen molar-refractivity contribution in [2.75, 3.05) is 0 Å². The van der Waals surface area contributed by atoms with Gasteiger partial charge in [0.1, 0.15) is 0 Å². The van der Waals surface area contributed by atoms with Gasteiger partial charge in [0.2, 0.25) is 0 Å². The molecule has 1 aliphatic rings. The Kier molecular flexibility index (Phi) is 4.07. The summed E-state index contributed by atoms with van der Waals surface area (Å²) in [5, 5.41) is 8.14. The molecule has 1 saturated carbocycles. The van der Waals surface area contributed by atoms with E-state index in [0.29, 0.717) is 3.23 Å². The summed E-state index contributed by atoms with van der Waals surface area (Å²) in [4.78, 5) is 0. The van der Waals surface area contributed by atoms with E-state index < -0.39 is 0 Å². The molecule has 0 nitrogen and oxygen atoms in total. The van der Waals surface area contributed by atoms with Crippen LogP contribution in [-0.2, 0) is 0 Å². The number of alkyl halides is 2. The van der Waals surface area contributed by atoms with Gasteiger partial charge in [-0.2, -0.15) is 0 Å². The molecule has 0 bridgehead atoms. The largest absolute Gasteiger partial charge is 0.0805 e. The molecule has 116 valence electrons. The van der Waals surface area contributed by atoms with Crippen molar-refractivity contribution in [3.05, 3.63) is 60.7 Å². The van der Waals surface area contributed by atoms with Crippen molar-refractivity contribution in [3.63, 3.8) is 0 Å². The van der Waals surface area contributed by atoms with Crippen LogP contribution in [0.15, 0.2) is 60.7 Å². The van der Waals surface area contributed by atoms with Crippen molar-refractivity contribution in [3.8, 4) is 0 Å². The minimum Gasteiger partial charge on any atom is -0.0727 e. The highest BCUT2D eigenvalue weighted by Crippen LogP contribution is 2.42. The normalized spacial score (nSPS) is 16.8. The predicted octanol–water partition coefficient (Wildman–Crippen LogP) is 7.63. The third-order valence-corrected chi connectivity index (χ3v) is 6.31. The maximum Gasteiger partial charge on any atom is 0.0805 e. The molecule has 0 spiro atoms. The van der Waals surface area contributed by atoms with Crippen molar-refractivity contribution < 1.29 is 0 Å². The average Bonchev–Trinajstić information content (AvgIpc) is 2.98. The van der Waals surface area contributed by atoms with Gasteiger partial charge in [0.25, 0.3) is 0 Å². The van der Waals surface area contributed by atoms with E-state index in [1.165, 1.54) is 58.0 Å². The summed E-state index contributed by atoms with van der Waals surface area (Å²) in [5.74, 6) is 0. The molecule has 0 aliphatic heterocycles. The molecule has 0 unspecified atom stereocenters. The van der Waals surface area contributed by atoms with Crippen molar-refractivity contribution in [1.82, 2.24) is 0 Å². The van der Waals surface area contributed by atoms with Gasteiger partial charge in [-0.3, -0.25) is 0 Å². The number of hydrogen-bond donors (Lipinski definition) is 0. The summed E-state index contributed by atoms with van der Waals surface area (Å²) in [6, 6.07) is 21.9. The lowest BCUT2D eigenvalue weighted by Gasteiger charge is -2.09. The van der Waals surface area contributed by atoms with Gasteiger partial charge in [-0.15, -0.1) is 0 Å². The Morgan fingerprint density at radius 3 is 1.17 bits per heavy atom. The zero-order valence-electron chi connectivity index (χ0n) is 12.9. The van der Waals surface area contributed by atoms with E-state index in [1.807, 2.05) is 0 Å². The first-order valence-electron chi connectivity index (χ1n) is 8.14. The highest BCUT2D eigenvalue weighted by atomic mass is 79.9. The van der Waals surface area contributed by atoms with Gasteiger partial charge in [0, 0.05) is 0 Å². The number of halogens is 2. The second kappa shape index (κ2) is 6.07. The molecule has 0 radical (unpaired) electrons. The van der Waals surface area contributed by atoms with Gasteiger partial charge in [-0.25, -0.2) is 0 Å². The van der Waals surface area contributed by atoms with Crippen molar-refractivity contribution in [2.45, 2.75) is 28.9 Å². The summed E-state index contributed by atoms with van der Waals surface area (Å²) in [6.45, 7) is 0. The van der Waals surface area contributed by atoms with Crippen LogP contribution in [0.4, 0.5) is 0 Å². The van der Waals surface area contributed by atoms with Crippen LogP contribution in [0.5, 0.6) is 0 Å². The molecule has 4 aromatic carbocycles. The molecule has 0 saturated heterocycles. The summed E-state index contributed by atoms with van der Waals surface area (Å²) in [5.41, 5.74) is 0. The van der Waals surface area contributed by atoms with Crippen LogP contribution in [0.3, 0.4) is 0 Å². The zero-order chi connectivity index (χ0) is 15.9. The second-order valence-corrected chi connectivity index (χ2v) is 10.5. The van der Waals surface area contributed by atoms with Crippen LogP contribution in [0.2, 0.25) is 0 Å². The third-order valence-electron chi connectivity index (χ3n) is 4.73. The zero-order valence-corrected chi connectivity index (χ0v) is 16.0. The van der Waals surface area contributed by atoms with E-state index in [1.54, 1.807) is 0 Å². The van der Waals surface area contributed by atoms with Gasteiger partial charge < -0.3 is 0 Å². The van der Waals surface area contributed by atoms with E-state index in [-0.39, 0.29) is 0 Å². The first kappa shape index (κ1) is 15.4. The first-order chi connectivity index (χ1) is 11.1. The van der Waals surface area contributed by atoms with Crippen molar-refractivity contribution in [1.29, 1.82) is 0 Å². The topological polar surface area (TPSA) is 0 Å². The van der Waals surface area contributed by atoms with E-state index in [2.05, 4.69) is 92.5 Å². The first-order valence-corrected chi connectivity index (χ1v) is 9.73. The minimum absolute atomic E-state index is 0.319. The van der Waals surface area contributed by atoms with Crippen LogP contribution < -0.4 is 0 Å². The molecule has 0 N–H and O–H groups in total. The monoisotopic (exact) mass is 428 g/mol. The standard InChI is InChI=1S/C16H10.C5H8Br2/c1-3-11-7-9-13-5-2-6-14-10-8-12(4-1)15(11)16(13)14;6-5(7)3-1-2-4-5/h1-10H;1-4H2. The maximum absolute atomic E-state index is 3.56. The van der Waals surface area contributed by atoms with E-state index in [0.717, 1.165) is 0 Å². The van der Waals surface area contributed by atoms with Crippen LogP contribution in [0.25, 0.3) is 32.3 Å². The van der Waals surface area contributed by atoms with E-state index in [4.69, 9.17) is 0 Å². The molecule has 0 atom stereocenters. The maximum atomic E-state index is 3.56. The van der Waals surface area contributed by atoms with E-state index in [9.17, 15) is 0 Å². The van der Waals surface area contributed by atoms with Gasteiger partial charge in [0.05, 0.1) is 3.23 Å². The highest BCUT2D eigenvalue weighted by Gasteiger charge is 2.26. The molecule has 1 aliphatic carbocycles. The number of rotatable bonds is 0. The van der Waals surface area contributed by atoms with E-state index >= 15 is 0 Å². The molecule has 2 heteroatoms. The molecule has 1 fully saturated rings. The smallest absolute Gasteiger partial charge is 0.0727 e. The van der Waals surface area contributed by atoms with Gasteiger partial charge >= 0.3 is 0 Å².